The third kappa shape index (κ3) is 5.96. The molecule has 0 spiro atoms. The highest BCUT2D eigenvalue weighted by Gasteiger charge is 2.28. The Balaban J connectivity index is 2.02. The van der Waals surface area contributed by atoms with Crippen molar-refractivity contribution in [2.24, 2.45) is 0 Å². The quantitative estimate of drug-likeness (QED) is 0.765. The first-order valence-electron chi connectivity index (χ1n) is 5.51. The minimum Gasteiger partial charge on any atom is -0.377 e. The molecule has 6 heteroatoms. The summed E-state index contributed by atoms with van der Waals surface area (Å²) in [6.07, 6.45) is 4.14. The van der Waals surface area contributed by atoms with Gasteiger partial charge < -0.3 is 10.1 Å². The summed E-state index contributed by atoms with van der Waals surface area (Å²) in [5.74, 6) is -0.00451. The molecule has 1 rings (SSSR count). The van der Waals surface area contributed by atoms with Crippen LogP contribution in [0.25, 0.3) is 0 Å². The maximum atomic E-state index is 11.8. The van der Waals surface area contributed by atoms with Gasteiger partial charge in [-0.2, -0.15) is 13.2 Å². The van der Waals surface area contributed by atoms with Gasteiger partial charge in [0.2, 0.25) is 0 Å². The molecule has 16 heavy (non-hydrogen) atoms. The normalized spacial score (nSPS) is 27.0. The molecular weight excluding hydrogens is 239 g/mol. The Morgan fingerprint density at radius 3 is 2.38 bits per heavy atom. The van der Waals surface area contributed by atoms with E-state index in [1.807, 2.05) is 7.05 Å². The molecule has 1 aliphatic rings. The lowest BCUT2D eigenvalue weighted by Gasteiger charge is -2.28. The van der Waals surface area contributed by atoms with Crippen LogP contribution in [0.4, 0.5) is 13.2 Å². The van der Waals surface area contributed by atoms with Crippen molar-refractivity contribution in [1.29, 1.82) is 0 Å². The zero-order valence-corrected chi connectivity index (χ0v) is 10.2. The number of nitrogens with one attached hydrogen (secondary N) is 1. The van der Waals surface area contributed by atoms with Gasteiger partial charge >= 0.3 is 5.51 Å². The molecular formula is C10H18F3NOS. The van der Waals surface area contributed by atoms with Gasteiger partial charge in [0.25, 0.3) is 0 Å². The summed E-state index contributed by atoms with van der Waals surface area (Å²) in [7, 11) is 1.94. The standard InChI is InChI=1S/C10H18F3NOS/c1-14-8-2-4-9(5-3-8)15-6-7-16-10(11,12)13/h8-9,14H,2-7H2,1H3. The Labute approximate surface area is 98.3 Å². The molecule has 0 aromatic carbocycles. The largest absolute Gasteiger partial charge is 0.441 e. The third-order valence-corrected chi connectivity index (χ3v) is 3.48. The first kappa shape index (κ1) is 14.1. The SMILES string of the molecule is CNC1CCC(OCCSC(F)(F)F)CC1. The molecule has 0 atom stereocenters. The molecule has 0 unspecified atom stereocenters. The zero-order chi connectivity index (χ0) is 12.0. The Morgan fingerprint density at radius 1 is 1.25 bits per heavy atom. The second-order valence-electron chi connectivity index (χ2n) is 3.93. The van der Waals surface area contributed by atoms with E-state index in [4.69, 9.17) is 4.74 Å². The monoisotopic (exact) mass is 257 g/mol. The summed E-state index contributed by atoms with van der Waals surface area (Å²) >= 11 is -0.0101. The van der Waals surface area contributed by atoms with E-state index in [0.29, 0.717) is 6.04 Å². The first-order chi connectivity index (χ1) is 7.51. The van der Waals surface area contributed by atoms with Gasteiger partial charge in [0, 0.05) is 11.8 Å². The fourth-order valence-corrected chi connectivity index (χ4v) is 2.30. The maximum absolute atomic E-state index is 11.8. The smallest absolute Gasteiger partial charge is 0.377 e. The molecule has 1 aliphatic carbocycles. The predicted molar refractivity (Wildman–Crippen MR) is 59.6 cm³/mol. The van der Waals surface area contributed by atoms with Crippen molar-refractivity contribution in [2.45, 2.75) is 43.3 Å². The number of ether oxygens (including phenoxy) is 1. The van der Waals surface area contributed by atoms with Crippen LogP contribution in [-0.2, 0) is 4.74 Å². The number of rotatable bonds is 5. The summed E-state index contributed by atoms with van der Waals surface area (Å²) in [6, 6.07) is 0.546. The van der Waals surface area contributed by atoms with Gasteiger partial charge in [-0.25, -0.2) is 0 Å². The van der Waals surface area contributed by atoms with E-state index in [-0.39, 0.29) is 30.2 Å². The van der Waals surface area contributed by atoms with E-state index in [1.54, 1.807) is 0 Å². The zero-order valence-electron chi connectivity index (χ0n) is 9.35. The van der Waals surface area contributed by atoms with Gasteiger partial charge in [0.1, 0.15) is 0 Å². The van der Waals surface area contributed by atoms with E-state index in [2.05, 4.69) is 5.32 Å². The molecule has 0 aliphatic heterocycles. The van der Waals surface area contributed by atoms with Crippen molar-refractivity contribution in [2.75, 3.05) is 19.4 Å². The Kier molecular flexibility index (Phi) is 5.92. The molecule has 0 radical (unpaired) electrons. The average molecular weight is 257 g/mol. The van der Waals surface area contributed by atoms with Gasteiger partial charge in [-0.05, 0) is 44.5 Å². The van der Waals surface area contributed by atoms with E-state index < -0.39 is 5.51 Å². The highest BCUT2D eigenvalue weighted by Crippen LogP contribution is 2.30. The Bertz CT molecular complexity index is 193. The van der Waals surface area contributed by atoms with Gasteiger partial charge in [-0.3, -0.25) is 0 Å². The highest BCUT2D eigenvalue weighted by molar-refractivity contribution is 8.00. The summed E-state index contributed by atoms with van der Waals surface area (Å²) in [4.78, 5) is 0. The topological polar surface area (TPSA) is 21.3 Å². The lowest BCUT2D eigenvalue weighted by atomic mass is 9.93. The van der Waals surface area contributed by atoms with Crippen LogP contribution in [0.1, 0.15) is 25.7 Å². The van der Waals surface area contributed by atoms with Gasteiger partial charge in [-0.15, -0.1) is 0 Å². The number of alkyl halides is 3. The van der Waals surface area contributed by atoms with Crippen LogP contribution < -0.4 is 5.32 Å². The van der Waals surface area contributed by atoms with Crippen LogP contribution in [0.5, 0.6) is 0 Å². The van der Waals surface area contributed by atoms with Gasteiger partial charge in [0.05, 0.1) is 12.7 Å². The fraction of sp³-hybridized carbons (Fsp3) is 1.00. The summed E-state index contributed by atoms with van der Waals surface area (Å²) in [5.41, 5.74) is -4.13. The van der Waals surface area contributed by atoms with E-state index in [1.165, 1.54) is 0 Å². The van der Waals surface area contributed by atoms with Crippen molar-refractivity contribution in [1.82, 2.24) is 5.32 Å². The number of hydrogen-bond acceptors (Lipinski definition) is 3. The molecule has 0 heterocycles. The number of thioether (sulfide) groups is 1. The van der Waals surface area contributed by atoms with Crippen LogP contribution in [0, 0.1) is 0 Å². The van der Waals surface area contributed by atoms with Crippen molar-refractivity contribution in [3.63, 3.8) is 0 Å². The molecule has 1 saturated carbocycles. The fourth-order valence-electron chi connectivity index (χ4n) is 1.89. The lowest BCUT2D eigenvalue weighted by Crippen LogP contribution is -2.33. The Morgan fingerprint density at radius 2 is 1.88 bits per heavy atom. The van der Waals surface area contributed by atoms with Crippen molar-refractivity contribution in [3.8, 4) is 0 Å². The van der Waals surface area contributed by atoms with Crippen molar-refractivity contribution < 1.29 is 17.9 Å². The van der Waals surface area contributed by atoms with E-state index >= 15 is 0 Å². The maximum Gasteiger partial charge on any atom is 0.441 e. The third-order valence-electron chi connectivity index (χ3n) is 2.79. The molecule has 2 nitrogen and oxygen atoms in total. The van der Waals surface area contributed by atoms with E-state index in [0.717, 1.165) is 25.7 Å². The predicted octanol–water partition coefficient (Wildman–Crippen LogP) is 2.79. The summed E-state index contributed by atoms with van der Waals surface area (Å²) in [6.45, 7) is 0.194. The number of halogens is 3. The molecule has 1 fully saturated rings. The summed E-state index contributed by atoms with van der Waals surface area (Å²) in [5, 5.41) is 3.20. The van der Waals surface area contributed by atoms with Crippen LogP contribution in [-0.4, -0.2) is 37.1 Å². The molecule has 0 aromatic heterocycles. The second-order valence-corrected chi connectivity index (χ2v) is 5.09. The lowest BCUT2D eigenvalue weighted by molar-refractivity contribution is -0.0337. The van der Waals surface area contributed by atoms with Crippen molar-refractivity contribution >= 4 is 11.8 Å². The molecule has 0 amide bonds. The minimum atomic E-state index is -4.13. The summed E-state index contributed by atoms with van der Waals surface area (Å²) < 4.78 is 40.9. The van der Waals surface area contributed by atoms with Gasteiger partial charge in [0.15, 0.2) is 0 Å². The first-order valence-corrected chi connectivity index (χ1v) is 6.49. The molecule has 1 N–H and O–H groups in total. The Hall–Kier alpha value is 0.0600. The van der Waals surface area contributed by atoms with Crippen LogP contribution >= 0.6 is 11.8 Å². The highest BCUT2D eigenvalue weighted by atomic mass is 32.2. The van der Waals surface area contributed by atoms with E-state index in [9.17, 15) is 13.2 Å². The van der Waals surface area contributed by atoms with Crippen molar-refractivity contribution in [3.05, 3.63) is 0 Å². The van der Waals surface area contributed by atoms with Crippen LogP contribution in [0.3, 0.4) is 0 Å². The van der Waals surface area contributed by atoms with Gasteiger partial charge in [-0.1, -0.05) is 0 Å². The van der Waals surface area contributed by atoms with Crippen LogP contribution in [0.2, 0.25) is 0 Å². The molecule has 96 valence electrons. The van der Waals surface area contributed by atoms with Crippen LogP contribution in [0.15, 0.2) is 0 Å². The minimum absolute atomic E-state index is 0.00451. The molecule has 0 bridgehead atoms. The number of hydrogen-bond donors (Lipinski definition) is 1. The average Bonchev–Trinajstić information content (AvgIpc) is 2.24. The molecule has 0 saturated heterocycles. The second kappa shape index (κ2) is 6.71. The molecule has 0 aromatic rings.